The topological polar surface area (TPSA) is 81.7 Å². The van der Waals surface area contributed by atoms with Gasteiger partial charge in [0.15, 0.2) is 6.61 Å². The summed E-state index contributed by atoms with van der Waals surface area (Å²) in [4.78, 5) is 35.8. The minimum Gasteiger partial charge on any atom is -0.489 e. The maximum Gasteiger partial charge on any atom is 0.338 e. The van der Waals surface area contributed by atoms with Crippen LogP contribution in [0.15, 0.2) is 84.9 Å². The summed E-state index contributed by atoms with van der Waals surface area (Å²) < 4.78 is 10.6. The summed E-state index contributed by atoms with van der Waals surface area (Å²) >= 11 is 0. The maximum absolute atomic E-state index is 12.1. The van der Waals surface area contributed by atoms with Crippen LogP contribution in [-0.2, 0) is 27.4 Å². The molecular weight excluding hydrogens is 382 g/mol. The molecule has 6 heteroatoms. The van der Waals surface area contributed by atoms with Gasteiger partial charge in [0, 0.05) is 0 Å². The Morgan fingerprint density at radius 2 is 1.30 bits per heavy atom. The molecule has 152 valence electrons. The number of hydrogen-bond acceptors (Lipinski definition) is 5. The van der Waals surface area contributed by atoms with Gasteiger partial charge in [0.25, 0.3) is 5.91 Å². The van der Waals surface area contributed by atoms with E-state index in [2.05, 4.69) is 5.32 Å². The van der Waals surface area contributed by atoms with Crippen molar-refractivity contribution in [3.8, 4) is 5.75 Å². The number of benzene rings is 3. The van der Waals surface area contributed by atoms with Gasteiger partial charge >= 0.3 is 5.97 Å². The van der Waals surface area contributed by atoms with Crippen molar-refractivity contribution in [2.75, 3.05) is 6.61 Å². The molecule has 0 unspecified atom stereocenters. The SMILES string of the molecule is O=C(COC(=O)c1ccc(OCc2ccccc2)cc1)NC(=O)Cc1ccccc1. The van der Waals surface area contributed by atoms with Crippen molar-refractivity contribution in [2.24, 2.45) is 0 Å². The van der Waals surface area contributed by atoms with E-state index in [-0.39, 0.29) is 12.0 Å². The Morgan fingerprint density at radius 1 is 0.700 bits per heavy atom. The summed E-state index contributed by atoms with van der Waals surface area (Å²) in [6, 6.07) is 25.2. The Kier molecular flexibility index (Phi) is 7.33. The van der Waals surface area contributed by atoms with Gasteiger partial charge in [0.2, 0.25) is 5.91 Å². The standard InChI is InChI=1S/C24H21NO5/c26-22(15-18-7-3-1-4-8-18)25-23(27)17-30-24(28)20-11-13-21(14-12-20)29-16-19-9-5-2-6-10-19/h1-14H,15-17H2,(H,25,26,27). The second-order valence-corrected chi connectivity index (χ2v) is 6.51. The van der Waals surface area contributed by atoms with Gasteiger partial charge in [0.05, 0.1) is 12.0 Å². The summed E-state index contributed by atoms with van der Waals surface area (Å²) in [6.07, 6.45) is 0.0744. The number of imide groups is 1. The predicted octanol–water partition coefficient (Wildman–Crippen LogP) is 3.31. The fraction of sp³-hybridized carbons (Fsp3) is 0.125. The normalized spacial score (nSPS) is 10.1. The van der Waals surface area contributed by atoms with Crippen LogP contribution in [0, 0.1) is 0 Å². The van der Waals surface area contributed by atoms with Gasteiger partial charge in [-0.1, -0.05) is 60.7 Å². The maximum atomic E-state index is 12.1. The highest BCUT2D eigenvalue weighted by Gasteiger charge is 2.13. The number of nitrogens with one attached hydrogen (secondary N) is 1. The quantitative estimate of drug-likeness (QED) is 0.584. The average molecular weight is 403 g/mol. The van der Waals surface area contributed by atoms with Crippen molar-refractivity contribution < 1.29 is 23.9 Å². The average Bonchev–Trinajstić information content (AvgIpc) is 2.77. The number of rotatable bonds is 8. The van der Waals surface area contributed by atoms with Gasteiger partial charge in [-0.3, -0.25) is 14.9 Å². The van der Waals surface area contributed by atoms with E-state index in [1.165, 1.54) is 0 Å². The molecule has 0 radical (unpaired) electrons. The Hall–Kier alpha value is -3.93. The first-order chi connectivity index (χ1) is 14.6. The van der Waals surface area contributed by atoms with E-state index in [9.17, 15) is 14.4 Å². The number of esters is 1. The molecule has 0 saturated heterocycles. The van der Waals surface area contributed by atoms with E-state index in [0.717, 1.165) is 11.1 Å². The molecule has 3 rings (SSSR count). The number of hydrogen-bond donors (Lipinski definition) is 1. The number of ether oxygens (including phenoxy) is 2. The summed E-state index contributed by atoms with van der Waals surface area (Å²) in [7, 11) is 0. The first-order valence-electron chi connectivity index (χ1n) is 9.40. The molecule has 0 fully saturated rings. The second-order valence-electron chi connectivity index (χ2n) is 6.51. The highest BCUT2D eigenvalue weighted by atomic mass is 16.5. The molecule has 0 bridgehead atoms. The van der Waals surface area contributed by atoms with E-state index in [1.54, 1.807) is 36.4 Å². The van der Waals surface area contributed by atoms with Crippen molar-refractivity contribution >= 4 is 17.8 Å². The molecule has 3 aromatic rings. The first-order valence-corrected chi connectivity index (χ1v) is 9.40. The molecule has 30 heavy (non-hydrogen) atoms. The zero-order valence-corrected chi connectivity index (χ0v) is 16.2. The van der Waals surface area contributed by atoms with Gasteiger partial charge in [0.1, 0.15) is 12.4 Å². The van der Waals surface area contributed by atoms with Gasteiger partial charge in [-0.05, 0) is 35.4 Å². The summed E-state index contributed by atoms with van der Waals surface area (Å²) in [5.74, 6) is -1.18. The van der Waals surface area contributed by atoms with E-state index in [4.69, 9.17) is 9.47 Å². The molecule has 3 aromatic carbocycles. The molecule has 0 atom stereocenters. The molecule has 0 aromatic heterocycles. The molecule has 0 spiro atoms. The van der Waals surface area contributed by atoms with Crippen LogP contribution in [-0.4, -0.2) is 24.4 Å². The lowest BCUT2D eigenvalue weighted by atomic mass is 10.1. The van der Waals surface area contributed by atoms with Crippen LogP contribution < -0.4 is 10.1 Å². The molecule has 6 nitrogen and oxygen atoms in total. The second kappa shape index (κ2) is 10.6. The van der Waals surface area contributed by atoms with E-state index < -0.39 is 24.4 Å². The lowest BCUT2D eigenvalue weighted by molar-refractivity contribution is -0.132. The van der Waals surface area contributed by atoms with E-state index in [0.29, 0.717) is 12.4 Å². The lowest BCUT2D eigenvalue weighted by Crippen LogP contribution is -2.35. The Morgan fingerprint density at radius 3 is 1.93 bits per heavy atom. The summed E-state index contributed by atoms with van der Waals surface area (Å²) in [5.41, 5.74) is 2.11. The van der Waals surface area contributed by atoms with Gasteiger partial charge in [-0.25, -0.2) is 4.79 Å². The molecule has 0 aliphatic heterocycles. The van der Waals surface area contributed by atoms with Crippen LogP contribution in [0.3, 0.4) is 0 Å². The Labute approximate surface area is 174 Å². The highest BCUT2D eigenvalue weighted by molar-refractivity contribution is 5.98. The Bertz CT molecular complexity index is 985. The van der Waals surface area contributed by atoms with Crippen molar-refractivity contribution in [2.45, 2.75) is 13.0 Å². The first kappa shape index (κ1) is 20.8. The molecule has 0 aliphatic carbocycles. The minimum atomic E-state index is -0.674. The zero-order valence-electron chi connectivity index (χ0n) is 16.2. The summed E-state index contributed by atoms with van der Waals surface area (Å²) in [6.45, 7) is -0.118. The lowest BCUT2D eigenvalue weighted by Gasteiger charge is -2.08. The number of carbonyl (C=O) groups is 3. The van der Waals surface area contributed by atoms with Crippen LogP contribution in [0.2, 0.25) is 0 Å². The third-order valence-electron chi connectivity index (χ3n) is 4.16. The summed E-state index contributed by atoms with van der Waals surface area (Å²) in [5, 5.41) is 2.20. The fourth-order valence-electron chi connectivity index (χ4n) is 2.66. The molecule has 0 aliphatic rings. The van der Waals surface area contributed by atoms with Crippen molar-refractivity contribution in [1.82, 2.24) is 5.32 Å². The predicted molar refractivity (Wildman–Crippen MR) is 111 cm³/mol. The van der Waals surface area contributed by atoms with Gasteiger partial charge < -0.3 is 9.47 Å². The monoisotopic (exact) mass is 403 g/mol. The minimum absolute atomic E-state index is 0.0744. The molecule has 2 amide bonds. The van der Waals surface area contributed by atoms with E-state index >= 15 is 0 Å². The zero-order chi connectivity index (χ0) is 21.2. The largest absolute Gasteiger partial charge is 0.489 e. The van der Waals surface area contributed by atoms with Crippen LogP contribution in [0.5, 0.6) is 5.75 Å². The fourth-order valence-corrected chi connectivity index (χ4v) is 2.66. The number of amides is 2. The third kappa shape index (κ3) is 6.60. The van der Waals surface area contributed by atoms with Crippen LogP contribution in [0.4, 0.5) is 0 Å². The van der Waals surface area contributed by atoms with Crippen molar-refractivity contribution in [3.05, 3.63) is 102 Å². The van der Waals surface area contributed by atoms with Crippen molar-refractivity contribution in [3.63, 3.8) is 0 Å². The third-order valence-corrected chi connectivity index (χ3v) is 4.16. The molecule has 0 heterocycles. The molecule has 1 N–H and O–H groups in total. The van der Waals surface area contributed by atoms with Crippen LogP contribution in [0.1, 0.15) is 21.5 Å². The highest BCUT2D eigenvalue weighted by Crippen LogP contribution is 2.15. The Balaban J connectivity index is 1.41. The molecule has 0 saturated carbocycles. The smallest absolute Gasteiger partial charge is 0.338 e. The van der Waals surface area contributed by atoms with E-state index in [1.807, 2.05) is 48.5 Å². The van der Waals surface area contributed by atoms with Crippen LogP contribution >= 0.6 is 0 Å². The van der Waals surface area contributed by atoms with Gasteiger partial charge in [-0.15, -0.1) is 0 Å². The van der Waals surface area contributed by atoms with Gasteiger partial charge in [-0.2, -0.15) is 0 Å². The molecular formula is C24H21NO5. The number of carbonyl (C=O) groups excluding carboxylic acids is 3. The van der Waals surface area contributed by atoms with Crippen molar-refractivity contribution in [1.29, 1.82) is 0 Å². The van der Waals surface area contributed by atoms with Crippen LogP contribution in [0.25, 0.3) is 0 Å².